The molecule has 0 saturated carbocycles. The molecule has 1 aliphatic rings. The summed E-state index contributed by atoms with van der Waals surface area (Å²) < 4.78 is 13.3. The number of ether oxygens (including phenoxy) is 1. The van der Waals surface area contributed by atoms with Crippen molar-refractivity contribution in [1.82, 2.24) is 19.7 Å². The molecule has 7 heteroatoms. The van der Waals surface area contributed by atoms with E-state index in [-0.39, 0.29) is 6.10 Å². The van der Waals surface area contributed by atoms with Crippen LogP contribution in [-0.4, -0.2) is 39.4 Å². The Labute approximate surface area is 154 Å². The number of nitrogens with zero attached hydrogens (tertiary/aromatic N) is 4. The van der Waals surface area contributed by atoms with Crippen LogP contribution >= 0.6 is 11.3 Å². The monoisotopic (exact) mass is 366 g/mol. The third-order valence-electron chi connectivity index (χ3n) is 4.66. The molecular weight excluding hydrogens is 348 g/mol. The van der Waals surface area contributed by atoms with Crippen LogP contribution in [0, 0.1) is 0 Å². The molecule has 0 aromatic carbocycles. The molecule has 6 nitrogen and oxygen atoms in total. The zero-order valence-corrected chi connectivity index (χ0v) is 14.9. The predicted molar refractivity (Wildman–Crippen MR) is 99.0 cm³/mol. The number of rotatable bonds is 4. The second kappa shape index (κ2) is 6.68. The summed E-state index contributed by atoms with van der Waals surface area (Å²) in [7, 11) is 0. The topological polar surface area (TPSA) is 55.8 Å². The van der Waals surface area contributed by atoms with E-state index in [1.165, 1.54) is 4.88 Å². The van der Waals surface area contributed by atoms with Gasteiger partial charge in [-0.3, -0.25) is 4.90 Å². The Morgan fingerprint density at radius 3 is 3.04 bits per heavy atom. The second-order valence-corrected chi connectivity index (χ2v) is 7.32. The lowest BCUT2D eigenvalue weighted by Gasteiger charge is -2.31. The van der Waals surface area contributed by atoms with Gasteiger partial charge in [0.05, 0.1) is 24.9 Å². The average molecular weight is 366 g/mol. The Morgan fingerprint density at radius 2 is 2.19 bits per heavy atom. The van der Waals surface area contributed by atoms with E-state index in [2.05, 4.69) is 44.9 Å². The molecule has 0 N–H and O–H groups in total. The minimum absolute atomic E-state index is 0.0798. The smallest absolute Gasteiger partial charge is 0.121 e. The fourth-order valence-electron chi connectivity index (χ4n) is 3.37. The summed E-state index contributed by atoms with van der Waals surface area (Å²) in [6.07, 6.45) is 3.66. The molecule has 0 amide bonds. The van der Waals surface area contributed by atoms with Gasteiger partial charge in [0.15, 0.2) is 0 Å². The van der Waals surface area contributed by atoms with E-state index >= 15 is 0 Å². The number of pyridine rings is 1. The van der Waals surface area contributed by atoms with Gasteiger partial charge in [-0.2, -0.15) is 0 Å². The molecule has 5 heterocycles. The number of furan rings is 1. The molecule has 1 fully saturated rings. The Balaban J connectivity index is 1.39. The van der Waals surface area contributed by atoms with Gasteiger partial charge < -0.3 is 9.15 Å². The normalized spacial score (nSPS) is 18.5. The summed E-state index contributed by atoms with van der Waals surface area (Å²) in [6.45, 7) is 3.13. The summed E-state index contributed by atoms with van der Waals surface area (Å²) in [6, 6.07) is 12.3. The summed E-state index contributed by atoms with van der Waals surface area (Å²) >= 11 is 1.72. The first kappa shape index (κ1) is 15.7. The number of aromatic nitrogens is 3. The van der Waals surface area contributed by atoms with Crippen molar-refractivity contribution in [1.29, 1.82) is 0 Å². The van der Waals surface area contributed by atoms with Gasteiger partial charge in [0.25, 0.3) is 0 Å². The third-order valence-corrected chi connectivity index (χ3v) is 5.58. The van der Waals surface area contributed by atoms with Crippen LogP contribution in [0.25, 0.3) is 16.0 Å². The Hall–Kier alpha value is -2.48. The molecule has 1 unspecified atom stereocenters. The molecule has 0 spiro atoms. The lowest BCUT2D eigenvalue weighted by atomic mass is 10.1. The van der Waals surface area contributed by atoms with Gasteiger partial charge in [-0.05, 0) is 35.7 Å². The van der Waals surface area contributed by atoms with Crippen LogP contribution in [0.5, 0.6) is 0 Å². The summed E-state index contributed by atoms with van der Waals surface area (Å²) in [5, 5.41) is 10.8. The van der Waals surface area contributed by atoms with Gasteiger partial charge >= 0.3 is 0 Å². The molecule has 0 bridgehead atoms. The average Bonchev–Trinajstić information content (AvgIpc) is 3.43. The Bertz CT molecular complexity index is 994. The van der Waals surface area contributed by atoms with Gasteiger partial charge in [-0.1, -0.05) is 11.3 Å². The summed E-state index contributed by atoms with van der Waals surface area (Å²) in [5.41, 5.74) is 3.04. The highest BCUT2D eigenvalue weighted by molar-refractivity contribution is 7.13. The SMILES string of the molecule is c1coc(CN2CCOC(c3nnn4cc(-c5cccs5)ccc34)C2)c1. The molecule has 5 rings (SSSR count). The van der Waals surface area contributed by atoms with Crippen LogP contribution in [0.4, 0.5) is 0 Å². The van der Waals surface area contributed by atoms with Crippen molar-refractivity contribution in [3.63, 3.8) is 0 Å². The van der Waals surface area contributed by atoms with Gasteiger partial charge in [0.2, 0.25) is 0 Å². The number of fused-ring (bicyclic) bond motifs is 1. The van der Waals surface area contributed by atoms with Crippen LogP contribution in [0.15, 0.2) is 58.7 Å². The van der Waals surface area contributed by atoms with E-state index in [1.807, 2.05) is 22.8 Å². The zero-order chi connectivity index (χ0) is 17.3. The molecule has 4 aromatic heterocycles. The van der Waals surface area contributed by atoms with Crippen LogP contribution in [0.2, 0.25) is 0 Å². The van der Waals surface area contributed by atoms with Crippen molar-refractivity contribution >= 4 is 16.9 Å². The van der Waals surface area contributed by atoms with Gasteiger partial charge in [0, 0.05) is 29.7 Å². The number of hydrogen-bond donors (Lipinski definition) is 0. The van der Waals surface area contributed by atoms with Gasteiger partial charge in [-0.15, -0.1) is 16.4 Å². The number of morpholine rings is 1. The zero-order valence-electron chi connectivity index (χ0n) is 14.1. The minimum Gasteiger partial charge on any atom is -0.468 e. The van der Waals surface area contributed by atoms with Crippen molar-refractivity contribution in [2.75, 3.05) is 19.7 Å². The summed E-state index contributed by atoms with van der Waals surface area (Å²) in [4.78, 5) is 3.56. The van der Waals surface area contributed by atoms with Crippen LogP contribution in [-0.2, 0) is 11.3 Å². The number of hydrogen-bond acceptors (Lipinski definition) is 6. The fraction of sp³-hybridized carbons (Fsp3) is 0.263. The maximum absolute atomic E-state index is 6.00. The van der Waals surface area contributed by atoms with Crippen molar-refractivity contribution in [3.8, 4) is 10.4 Å². The Kier molecular flexibility index (Phi) is 4.05. The van der Waals surface area contributed by atoms with Crippen LogP contribution in [0.1, 0.15) is 17.6 Å². The summed E-state index contributed by atoms with van der Waals surface area (Å²) in [5.74, 6) is 0.971. The van der Waals surface area contributed by atoms with Crippen molar-refractivity contribution in [3.05, 3.63) is 65.7 Å². The van der Waals surface area contributed by atoms with Crippen molar-refractivity contribution < 1.29 is 9.15 Å². The molecule has 132 valence electrons. The lowest BCUT2D eigenvalue weighted by Crippen LogP contribution is -2.37. The fourth-order valence-corrected chi connectivity index (χ4v) is 4.08. The van der Waals surface area contributed by atoms with Crippen LogP contribution in [0.3, 0.4) is 0 Å². The molecule has 0 radical (unpaired) electrons. The first-order chi connectivity index (χ1) is 12.9. The Morgan fingerprint density at radius 1 is 1.19 bits per heavy atom. The van der Waals surface area contributed by atoms with E-state index < -0.39 is 0 Å². The molecule has 1 saturated heterocycles. The molecular formula is C19H18N4O2S. The van der Waals surface area contributed by atoms with Crippen molar-refractivity contribution in [2.45, 2.75) is 12.6 Å². The van der Waals surface area contributed by atoms with Gasteiger partial charge in [-0.25, -0.2) is 4.52 Å². The largest absolute Gasteiger partial charge is 0.468 e. The highest BCUT2D eigenvalue weighted by Crippen LogP contribution is 2.28. The minimum atomic E-state index is -0.0798. The maximum atomic E-state index is 6.00. The van der Waals surface area contributed by atoms with Gasteiger partial charge in [0.1, 0.15) is 17.6 Å². The molecule has 4 aromatic rings. The first-order valence-electron chi connectivity index (χ1n) is 8.62. The van der Waals surface area contributed by atoms with Crippen LogP contribution < -0.4 is 0 Å². The molecule has 1 atom stereocenters. The number of thiophene rings is 1. The van der Waals surface area contributed by atoms with E-state index in [4.69, 9.17) is 9.15 Å². The molecule has 0 aliphatic carbocycles. The second-order valence-electron chi connectivity index (χ2n) is 6.37. The molecule has 26 heavy (non-hydrogen) atoms. The van der Waals surface area contributed by atoms with E-state index in [0.29, 0.717) is 6.61 Å². The molecule has 1 aliphatic heterocycles. The highest BCUT2D eigenvalue weighted by atomic mass is 32.1. The van der Waals surface area contributed by atoms with E-state index in [1.54, 1.807) is 17.6 Å². The first-order valence-corrected chi connectivity index (χ1v) is 9.50. The van der Waals surface area contributed by atoms with E-state index in [9.17, 15) is 0 Å². The maximum Gasteiger partial charge on any atom is 0.121 e. The quantitative estimate of drug-likeness (QED) is 0.552. The highest BCUT2D eigenvalue weighted by Gasteiger charge is 2.26. The van der Waals surface area contributed by atoms with Crippen molar-refractivity contribution in [2.24, 2.45) is 0 Å². The lowest BCUT2D eigenvalue weighted by molar-refractivity contribution is -0.0360. The predicted octanol–water partition coefficient (Wildman–Crippen LogP) is 3.62. The van der Waals surface area contributed by atoms with E-state index in [0.717, 1.165) is 42.2 Å². The standard InChI is InChI=1S/C19H18N4O2S/c1-3-15(24-8-1)12-22-7-9-25-17(13-22)19-16-6-5-14(11-23(16)21-20-19)18-4-2-10-26-18/h1-6,8,10-11,17H,7,9,12-13H2. The third kappa shape index (κ3) is 2.94.